The van der Waals surface area contributed by atoms with Crippen molar-refractivity contribution in [2.24, 2.45) is 0 Å². The molecule has 2 amide bonds. The quantitative estimate of drug-likeness (QED) is 0.441. The van der Waals surface area contributed by atoms with Crippen LogP contribution in [0, 0.1) is 6.01 Å². The Morgan fingerprint density at radius 3 is 2.82 bits per heavy atom. The Hall–Kier alpha value is -3.72. The monoisotopic (exact) mass is 399 g/mol. The summed E-state index contributed by atoms with van der Waals surface area (Å²) in [5.74, 6) is -0.332. The average molecular weight is 400 g/mol. The zero-order chi connectivity index (χ0) is 19.7. The van der Waals surface area contributed by atoms with E-state index < -0.39 is 11.9 Å². The molecule has 28 heavy (non-hydrogen) atoms. The number of aromatic amines is 1. The molecular weight excluding hydrogens is 389 g/mol. The van der Waals surface area contributed by atoms with Gasteiger partial charge in [0.1, 0.15) is 5.82 Å². The van der Waals surface area contributed by atoms with Crippen molar-refractivity contribution in [1.29, 1.82) is 0 Å². The van der Waals surface area contributed by atoms with Crippen LogP contribution in [0.5, 0.6) is 0 Å². The van der Waals surface area contributed by atoms with Gasteiger partial charge in [-0.3, -0.25) is 9.59 Å². The molecule has 3 heterocycles. The standard InChI is InChI=1S/C18H11ClFN5O3/c19-12-2-1-9(23-18(27)14-3-4-15(20)28-14)5-11(12)16-24-13-6-10(22-8-26)7-21-17(13)25-16/h1-8H,(H,22,26)(H,23,27)(H,21,24,25). The number of benzene rings is 1. The number of carbonyl (C=O) groups is 2. The van der Waals surface area contributed by atoms with Crippen LogP contribution in [0.2, 0.25) is 5.02 Å². The van der Waals surface area contributed by atoms with Crippen LogP contribution in [0.15, 0.2) is 47.0 Å². The molecule has 0 aliphatic heterocycles. The fraction of sp³-hybridized carbons (Fsp3) is 0. The van der Waals surface area contributed by atoms with E-state index >= 15 is 0 Å². The molecule has 4 rings (SSSR count). The van der Waals surface area contributed by atoms with Gasteiger partial charge < -0.3 is 20.0 Å². The zero-order valence-electron chi connectivity index (χ0n) is 14.0. The average Bonchev–Trinajstić information content (AvgIpc) is 3.29. The van der Waals surface area contributed by atoms with Gasteiger partial charge in [-0.2, -0.15) is 4.39 Å². The summed E-state index contributed by atoms with van der Waals surface area (Å²) in [6.07, 6.45) is 2.02. The molecule has 4 aromatic rings. The van der Waals surface area contributed by atoms with E-state index in [1.165, 1.54) is 12.3 Å². The molecule has 0 aliphatic carbocycles. The minimum Gasteiger partial charge on any atom is -0.426 e. The minimum absolute atomic E-state index is 0.155. The van der Waals surface area contributed by atoms with Gasteiger partial charge in [0.2, 0.25) is 6.41 Å². The maximum atomic E-state index is 12.9. The molecule has 0 spiro atoms. The number of H-pyrrole nitrogens is 1. The van der Waals surface area contributed by atoms with Crippen LogP contribution in [-0.4, -0.2) is 27.3 Å². The van der Waals surface area contributed by atoms with Crippen LogP contribution in [0.3, 0.4) is 0 Å². The van der Waals surface area contributed by atoms with E-state index in [9.17, 15) is 14.0 Å². The first-order valence-electron chi connectivity index (χ1n) is 7.96. The van der Waals surface area contributed by atoms with Gasteiger partial charge in [0.05, 0.1) is 22.4 Å². The van der Waals surface area contributed by atoms with Gasteiger partial charge in [0.25, 0.3) is 11.9 Å². The molecule has 0 atom stereocenters. The van der Waals surface area contributed by atoms with Crippen molar-refractivity contribution in [2.75, 3.05) is 10.6 Å². The summed E-state index contributed by atoms with van der Waals surface area (Å²) in [7, 11) is 0. The van der Waals surface area contributed by atoms with Crippen LogP contribution >= 0.6 is 11.6 Å². The summed E-state index contributed by atoms with van der Waals surface area (Å²) in [4.78, 5) is 34.3. The van der Waals surface area contributed by atoms with Crippen molar-refractivity contribution in [2.45, 2.75) is 0 Å². The van der Waals surface area contributed by atoms with Gasteiger partial charge in [0.15, 0.2) is 11.4 Å². The number of aromatic nitrogens is 3. The highest BCUT2D eigenvalue weighted by atomic mass is 35.5. The molecule has 0 saturated heterocycles. The van der Waals surface area contributed by atoms with Crippen molar-refractivity contribution >= 4 is 46.5 Å². The Balaban J connectivity index is 1.66. The molecule has 0 aliphatic rings. The Morgan fingerprint density at radius 2 is 2.07 bits per heavy atom. The number of nitrogens with zero attached hydrogens (tertiary/aromatic N) is 2. The first-order chi connectivity index (χ1) is 13.5. The molecule has 10 heteroatoms. The summed E-state index contributed by atoms with van der Waals surface area (Å²) in [5, 5.41) is 5.51. The lowest BCUT2D eigenvalue weighted by Crippen LogP contribution is -2.10. The van der Waals surface area contributed by atoms with E-state index in [1.54, 1.807) is 24.3 Å². The predicted octanol–water partition coefficient (Wildman–Crippen LogP) is 3.83. The lowest BCUT2D eigenvalue weighted by molar-refractivity contribution is -0.105. The normalized spacial score (nSPS) is 10.8. The maximum absolute atomic E-state index is 12.9. The molecule has 0 saturated carbocycles. The number of anilines is 2. The number of carbonyl (C=O) groups excluding carboxylic acids is 2. The highest BCUT2D eigenvalue weighted by molar-refractivity contribution is 6.33. The first kappa shape index (κ1) is 17.7. The van der Waals surface area contributed by atoms with Gasteiger partial charge in [-0.15, -0.1) is 0 Å². The Bertz CT molecular complexity index is 1200. The smallest absolute Gasteiger partial charge is 0.291 e. The van der Waals surface area contributed by atoms with Gasteiger partial charge >= 0.3 is 0 Å². The highest BCUT2D eigenvalue weighted by Gasteiger charge is 2.15. The van der Waals surface area contributed by atoms with Crippen LogP contribution in [0.1, 0.15) is 10.6 Å². The van der Waals surface area contributed by atoms with Crippen molar-refractivity contribution in [1.82, 2.24) is 15.0 Å². The van der Waals surface area contributed by atoms with E-state index in [2.05, 4.69) is 30.0 Å². The van der Waals surface area contributed by atoms with E-state index in [0.717, 1.165) is 6.07 Å². The lowest BCUT2D eigenvalue weighted by Gasteiger charge is -2.07. The molecule has 1 aromatic carbocycles. The van der Waals surface area contributed by atoms with Gasteiger partial charge in [-0.05, 0) is 30.3 Å². The predicted molar refractivity (Wildman–Crippen MR) is 101 cm³/mol. The second-order valence-electron chi connectivity index (χ2n) is 5.70. The number of halogens is 2. The third kappa shape index (κ3) is 3.42. The van der Waals surface area contributed by atoms with E-state index in [-0.39, 0.29) is 5.76 Å². The van der Waals surface area contributed by atoms with E-state index in [0.29, 0.717) is 45.4 Å². The number of fused-ring (bicyclic) bond motifs is 1. The number of rotatable bonds is 5. The topological polar surface area (TPSA) is 113 Å². The Morgan fingerprint density at radius 1 is 1.21 bits per heavy atom. The second-order valence-corrected chi connectivity index (χ2v) is 6.10. The summed E-state index contributed by atoms with van der Waals surface area (Å²) < 4.78 is 17.6. The molecular formula is C18H11ClFN5O3. The second kappa shape index (κ2) is 7.12. The van der Waals surface area contributed by atoms with Crippen LogP contribution in [0.25, 0.3) is 22.6 Å². The van der Waals surface area contributed by atoms with E-state index in [4.69, 9.17) is 11.6 Å². The number of pyridine rings is 1. The van der Waals surface area contributed by atoms with Gasteiger partial charge in [0, 0.05) is 17.3 Å². The van der Waals surface area contributed by atoms with Crippen molar-refractivity contribution < 1.29 is 18.4 Å². The number of furan rings is 1. The molecule has 140 valence electrons. The number of imidazole rings is 1. The van der Waals surface area contributed by atoms with Gasteiger partial charge in [-0.1, -0.05) is 11.6 Å². The number of amides is 2. The molecule has 0 unspecified atom stereocenters. The molecule has 0 bridgehead atoms. The fourth-order valence-corrected chi connectivity index (χ4v) is 2.80. The highest BCUT2D eigenvalue weighted by Crippen LogP contribution is 2.30. The lowest BCUT2D eigenvalue weighted by atomic mass is 10.2. The maximum Gasteiger partial charge on any atom is 0.291 e. The summed E-state index contributed by atoms with van der Waals surface area (Å²) in [6.45, 7) is 0. The summed E-state index contributed by atoms with van der Waals surface area (Å²) >= 11 is 6.28. The van der Waals surface area contributed by atoms with Crippen molar-refractivity contribution in [3.05, 3.63) is 59.4 Å². The van der Waals surface area contributed by atoms with E-state index in [1.807, 2.05) is 0 Å². The number of hydrogen-bond donors (Lipinski definition) is 3. The Kier molecular flexibility index (Phi) is 4.50. The number of hydrogen-bond acceptors (Lipinski definition) is 5. The van der Waals surface area contributed by atoms with Crippen LogP contribution in [0.4, 0.5) is 15.8 Å². The minimum atomic E-state index is -0.847. The van der Waals surface area contributed by atoms with Crippen molar-refractivity contribution in [3.8, 4) is 11.4 Å². The van der Waals surface area contributed by atoms with Crippen molar-refractivity contribution in [3.63, 3.8) is 0 Å². The third-order valence-corrected chi connectivity index (χ3v) is 4.17. The molecule has 3 aromatic heterocycles. The van der Waals surface area contributed by atoms with Crippen LogP contribution < -0.4 is 10.6 Å². The van der Waals surface area contributed by atoms with Crippen LogP contribution in [-0.2, 0) is 4.79 Å². The zero-order valence-corrected chi connectivity index (χ0v) is 14.7. The summed E-state index contributed by atoms with van der Waals surface area (Å²) in [5.41, 5.74) is 2.47. The fourth-order valence-electron chi connectivity index (χ4n) is 2.59. The first-order valence-corrected chi connectivity index (χ1v) is 8.34. The molecule has 0 fully saturated rings. The molecule has 3 N–H and O–H groups in total. The number of nitrogens with one attached hydrogen (secondary N) is 3. The Labute approximate surface area is 161 Å². The molecule has 8 nitrogen and oxygen atoms in total. The SMILES string of the molecule is O=CNc1cnc2nc(-c3cc(NC(=O)c4ccc(F)o4)ccc3Cl)[nH]c2c1. The summed E-state index contributed by atoms with van der Waals surface area (Å²) in [6, 6.07) is 7.92. The third-order valence-electron chi connectivity index (χ3n) is 3.84. The molecule has 0 radical (unpaired) electrons. The largest absolute Gasteiger partial charge is 0.426 e. The van der Waals surface area contributed by atoms with Gasteiger partial charge in [-0.25, -0.2) is 9.97 Å².